The van der Waals surface area contributed by atoms with Gasteiger partial charge in [0.25, 0.3) is 5.91 Å². The fourth-order valence-corrected chi connectivity index (χ4v) is 4.03. The maximum Gasteiger partial charge on any atom is 0.253 e. The molecule has 2 aliphatic heterocycles. The molecule has 26 heavy (non-hydrogen) atoms. The summed E-state index contributed by atoms with van der Waals surface area (Å²) < 4.78 is 0. The van der Waals surface area contributed by atoms with Crippen LogP contribution in [0.3, 0.4) is 0 Å². The van der Waals surface area contributed by atoms with E-state index in [4.69, 9.17) is 0 Å². The van der Waals surface area contributed by atoms with E-state index in [-0.39, 0.29) is 17.7 Å². The highest BCUT2D eigenvalue weighted by Gasteiger charge is 2.40. The van der Waals surface area contributed by atoms with Crippen molar-refractivity contribution >= 4 is 11.8 Å². The van der Waals surface area contributed by atoms with Gasteiger partial charge in [-0.05, 0) is 45.5 Å². The number of carbonyl (C=O) groups excluding carboxylic acids is 2. The van der Waals surface area contributed by atoms with Crippen molar-refractivity contribution in [3.63, 3.8) is 0 Å². The van der Waals surface area contributed by atoms with Gasteiger partial charge in [-0.15, -0.1) is 0 Å². The van der Waals surface area contributed by atoms with E-state index in [9.17, 15) is 14.7 Å². The Morgan fingerprint density at radius 1 is 1.19 bits per heavy atom. The van der Waals surface area contributed by atoms with Gasteiger partial charge < -0.3 is 19.8 Å². The van der Waals surface area contributed by atoms with E-state index in [1.54, 1.807) is 29.4 Å². The van der Waals surface area contributed by atoms with Crippen molar-refractivity contribution < 1.29 is 14.7 Å². The second-order valence-electron chi connectivity index (χ2n) is 7.77. The van der Waals surface area contributed by atoms with E-state index in [1.165, 1.54) is 0 Å². The zero-order valence-corrected chi connectivity index (χ0v) is 15.6. The number of hydrogen-bond acceptors (Lipinski definition) is 5. The zero-order valence-electron chi connectivity index (χ0n) is 15.6. The van der Waals surface area contributed by atoms with Crippen LogP contribution in [0.25, 0.3) is 0 Å². The van der Waals surface area contributed by atoms with E-state index in [2.05, 4.69) is 4.98 Å². The van der Waals surface area contributed by atoms with Crippen LogP contribution in [0.15, 0.2) is 24.5 Å². The monoisotopic (exact) mass is 360 g/mol. The van der Waals surface area contributed by atoms with Gasteiger partial charge in [0.2, 0.25) is 5.91 Å². The molecule has 2 fully saturated rings. The lowest BCUT2D eigenvalue weighted by Crippen LogP contribution is -2.46. The molecule has 1 N–H and O–H groups in total. The minimum atomic E-state index is -0.808. The Hall–Kier alpha value is -1.99. The van der Waals surface area contributed by atoms with Gasteiger partial charge in [0.05, 0.1) is 12.1 Å². The lowest BCUT2D eigenvalue weighted by atomic mass is 9.94. The van der Waals surface area contributed by atoms with Crippen LogP contribution in [0.2, 0.25) is 0 Å². The predicted molar refractivity (Wildman–Crippen MR) is 97.6 cm³/mol. The molecule has 1 unspecified atom stereocenters. The molecule has 3 rings (SSSR count). The molecule has 1 atom stereocenters. The summed E-state index contributed by atoms with van der Waals surface area (Å²) in [5.74, 6) is 0.0636. The average Bonchev–Trinajstić information content (AvgIpc) is 3.02. The molecule has 0 saturated carbocycles. The fraction of sp³-hybridized carbons (Fsp3) is 0.632. The molecule has 2 saturated heterocycles. The number of aliphatic hydroxyl groups is 1. The van der Waals surface area contributed by atoms with Gasteiger partial charge in [-0.3, -0.25) is 14.6 Å². The summed E-state index contributed by atoms with van der Waals surface area (Å²) >= 11 is 0. The molecular weight excluding hydrogens is 332 g/mol. The first-order valence-corrected chi connectivity index (χ1v) is 9.23. The molecule has 1 aromatic heterocycles. The SMILES string of the molecule is CN(C)CC1(O)CCN(C(=O)C2CCN(C(=O)c3ccncc3)CC2)C1. The van der Waals surface area contributed by atoms with Crippen molar-refractivity contribution in [2.24, 2.45) is 5.92 Å². The minimum absolute atomic E-state index is 0.000158. The number of rotatable bonds is 4. The second-order valence-corrected chi connectivity index (χ2v) is 7.77. The largest absolute Gasteiger partial charge is 0.387 e. The Balaban J connectivity index is 1.52. The van der Waals surface area contributed by atoms with Crippen molar-refractivity contribution in [2.75, 3.05) is 46.8 Å². The first-order valence-electron chi connectivity index (χ1n) is 9.23. The first kappa shape index (κ1) is 18.8. The van der Waals surface area contributed by atoms with Crippen LogP contribution < -0.4 is 0 Å². The van der Waals surface area contributed by atoms with E-state index < -0.39 is 5.60 Å². The summed E-state index contributed by atoms with van der Waals surface area (Å²) in [6, 6.07) is 3.44. The summed E-state index contributed by atoms with van der Waals surface area (Å²) in [6.07, 6.45) is 5.21. The van der Waals surface area contributed by atoms with Crippen LogP contribution >= 0.6 is 0 Å². The molecule has 0 aliphatic carbocycles. The van der Waals surface area contributed by atoms with Crippen molar-refractivity contribution in [1.29, 1.82) is 0 Å². The minimum Gasteiger partial charge on any atom is -0.387 e. The number of piperidine rings is 1. The second kappa shape index (κ2) is 7.72. The van der Waals surface area contributed by atoms with Crippen LogP contribution in [0.5, 0.6) is 0 Å². The molecule has 1 aromatic rings. The molecule has 2 aliphatic rings. The number of β-amino-alcohol motifs (C(OH)–C–C–N with tert-alkyl or cyclic N) is 1. The van der Waals surface area contributed by atoms with Crippen molar-refractivity contribution in [1.82, 2.24) is 19.7 Å². The molecule has 7 nitrogen and oxygen atoms in total. The van der Waals surface area contributed by atoms with E-state index in [0.717, 1.165) is 0 Å². The van der Waals surface area contributed by atoms with Crippen LogP contribution in [0, 0.1) is 5.92 Å². The molecule has 0 radical (unpaired) electrons. The fourth-order valence-electron chi connectivity index (χ4n) is 4.03. The molecule has 0 bridgehead atoms. The number of carbonyl (C=O) groups is 2. The molecule has 0 aromatic carbocycles. The van der Waals surface area contributed by atoms with Crippen LogP contribution in [0.1, 0.15) is 29.6 Å². The maximum absolute atomic E-state index is 12.8. The van der Waals surface area contributed by atoms with Gasteiger partial charge >= 0.3 is 0 Å². The Kier molecular flexibility index (Phi) is 5.58. The smallest absolute Gasteiger partial charge is 0.253 e. The summed E-state index contributed by atoms with van der Waals surface area (Å²) in [6.45, 7) is 2.76. The number of pyridine rings is 1. The van der Waals surface area contributed by atoms with Crippen LogP contribution in [-0.2, 0) is 4.79 Å². The third kappa shape index (κ3) is 4.22. The number of aromatic nitrogens is 1. The summed E-state index contributed by atoms with van der Waals surface area (Å²) in [5.41, 5.74) is -0.171. The maximum atomic E-state index is 12.8. The number of nitrogens with zero attached hydrogens (tertiary/aromatic N) is 4. The van der Waals surface area contributed by atoms with Gasteiger partial charge in [0, 0.05) is 50.1 Å². The van der Waals surface area contributed by atoms with Gasteiger partial charge in [-0.2, -0.15) is 0 Å². The van der Waals surface area contributed by atoms with E-state index in [0.29, 0.717) is 57.5 Å². The average molecular weight is 360 g/mol. The Morgan fingerprint density at radius 2 is 1.85 bits per heavy atom. The Bertz CT molecular complexity index is 643. The van der Waals surface area contributed by atoms with E-state index in [1.807, 2.05) is 23.9 Å². The highest BCUT2D eigenvalue weighted by Crippen LogP contribution is 2.27. The standard InChI is InChI=1S/C19H28N4O3/c1-21(2)13-19(26)7-12-23(14-19)18(25)16-5-10-22(11-6-16)17(24)15-3-8-20-9-4-15/h3-4,8-9,16,26H,5-7,10-14H2,1-2H3. The summed E-state index contributed by atoms with van der Waals surface area (Å²) in [5, 5.41) is 10.6. The summed E-state index contributed by atoms with van der Waals surface area (Å²) in [4.78, 5) is 34.8. The lowest BCUT2D eigenvalue weighted by molar-refractivity contribution is -0.137. The summed E-state index contributed by atoms with van der Waals surface area (Å²) in [7, 11) is 3.86. The molecule has 2 amide bonds. The molecule has 142 valence electrons. The molecular formula is C19H28N4O3. The number of likely N-dealkylation sites (tertiary alicyclic amines) is 2. The van der Waals surface area contributed by atoms with Crippen LogP contribution in [-0.4, -0.2) is 89.0 Å². The highest BCUT2D eigenvalue weighted by molar-refractivity contribution is 5.94. The van der Waals surface area contributed by atoms with Crippen molar-refractivity contribution in [3.05, 3.63) is 30.1 Å². The van der Waals surface area contributed by atoms with E-state index >= 15 is 0 Å². The number of likely N-dealkylation sites (N-methyl/N-ethyl adjacent to an activating group) is 1. The quantitative estimate of drug-likeness (QED) is 0.844. The van der Waals surface area contributed by atoms with Crippen molar-refractivity contribution in [2.45, 2.75) is 24.9 Å². The van der Waals surface area contributed by atoms with Gasteiger partial charge in [-0.25, -0.2) is 0 Å². The topological polar surface area (TPSA) is 77.0 Å². The molecule has 3 heterocycles. The zero-order chi connectivity index (χ0) is 18.7. The third-order valence-electron chi connectivity index (χ3n) is 5.31. The highest BCUT2D eigenvalue weighted by atomic mass is 16.3. The number of hydrogen-bond donors (Lipinski definition) is 1. The molecule has 7 heteroatoms. The Labute approximate surface area is 154 Å². The first-order chi connectivity index (χ1) is 12.4. The predicted octanol–water partition coefficient (Wildman–Crippen LogP) is 0.459. The van der Waals surface area contributed by atoms with Gasteiger partial charge in [0.1, 0.15) is 0 Å². The number of amides is 2. The van der Waals surface area contributed by atoms with Crippen molar-refractivity contribution in [3.8, 4) is 0 Å². The lowest BCUT2D eigenvalue weighted by Gasteiger charge is -2.33. The Morgan fingerprint density at radius 3 is 2.46 bits per heavy atom. The normalized spacial score (nSPS) is 24.3. The van der Waals surface area contributed by atoms with Crippen LogP contribution in [0.4, 0.5) is 0 Å². The third-order valence-corrected chi connectivity index (χ3v) is 5.31. The van der Waals surface area contributed by atoms with Gasteiger partial charge in [-0.1, -0.05) is 0 Å². The van der Waals surface area contributed by atoms with Gasteiger partial charge in [0.15, 0.2) is 0 Å². The molecule has 0 spiro atoms.